The van der Waals surface area contributed by atoms with Crippen molar-refractivity contribution in [1.82, 2.24) is 10.2 Å². The molecule has 4 heteroatoms. The Hall–Kier alpha value is -1.84. The van der Waals surface area contributed by atoms with Crippen LogP contribution < -0.4 is 5.32 Å². The molecule has 0 atom stereocenters. The van der Waals surface area contributed by atoms with Crippen LogP contribution in [-0.2, 0) is 16.0 Å². The number of aryl methyl sites for hydroxylation is 2. The minimum atomic E-state index is 0.138. The highest BCUT2D eigenvalue weighted by Crippen LogP contribution is 2.61. The number of amides is 2. The van der Waals surface area contributed by atoms with Crippen molar-refractivity contribution in [3.63, 3.8) is 0 Å². The Morgan fingerprint density at radius 2 is 1.55 bits per heavy atom. The number of hydrogen-bond acceptors (Lipinski definition) is 2. The lowest BCUT2D eigenvalue weighted by molar-refractivity contribution is -0.140. The van der Waals surface area contributed by atoms with Gasteiger partial charge in [0.15, 0.2) is 0 Å². The third-order valence-electron chi connectivity index (χ3n) is 8.67. The molecule has 0 aromatic heterocycles. The molecule has 1 aromatic carbocycles. The van der Waals surface area contributed by atoms with Gasteiger partial charge in [-0.25, -0.2) is 0 Å². The Kier molecular flexibility index (Phi) is 5.83. The highest BCUT2D eigenvalue weighted by molar-refractivity contribution is 5.78. The standard InChI is InChI=1S/C27H38N2O2/c1-19-2-4-20(5-3-19)6-7-25(30)28-24-8-10-29(11-9-24)26(31)18-27-15-21-12-22(16-27)14-23(13-21)17-27/h2-5,21-24H,6-18H2,1H3,(H,28,30). The predicted octanol–water partition coefficient (Wildman–Crippen LogP) is 4.64. The molecule has 6 rings (SSSR count). The van der Waals surface area contributed by atoms with Crippen molar-refractivity contribution >= 4 is 11.8 Å². The van der Waals surface area contributed by atoms with Gasteiger partial charge < -0.3 is 10.2 Å². The van der Waals surface area contributed by atoms with E-state index < -0.39 is 0 Å². The topological polar surface area (TPSA) is 49.4 Å². The predicted molar refractivity (Wildman–Crippen MR) is 122 cm³/mol. The van der Waals surface area contributed by atoms with Gasteiger partial charge in [-0.1, -0.05) is 29.8 Å². The van der Waals surface area contributed by atoms with Gasteiger partial charge >= 0.3 is 0 Å². The average Bonchev–Trinajstić information content (AvgIpc) is 2.72. The maximum Gasteiger partial charge on any atom is 0.223 e. The van der Waals surface area contributed by atoms with Gasteiger partial charge in [0.2, 0.25) is 11.8 Å². The molecule has 168 valence electrons. The zero-order valence-electron chi connectivity index (χ0n) is 19.1. The lowest BCUT2D eigenvalue weighted by atomic mass is 9.49. The largest absolute Gasteiger partial charge is 0.353 e. The smallest absolute Gasteiger partial charge is 0.223 e. The summed E-state index contributed by atoms with van der Waals surface area (Å²) in [6.45, 7) is 3.68. The molecule has 1 heterocycles. The van der Waals surface area contributed by atoms with Gasteiger partial charge in [-0.2, -0.15) is 0 Å². The van der Waals surface area contributed by atoms with E-state index >= 15 is 0 Å². The summed E-state index contributed by atoms with van der Waals surface area (Å²) in [6, 6.07) is 8.63. The molecule has 1 aliphatic heterocycles. The van der Waals surface area contributed by atoms with Crippen LogP contribution in [-0.4, -0.2) is 35.8 Å². The number of nitrogens with one attached hydrogen (secondary N) is 1. The zero-order valence-corrected chi connectivity index (χ0v) is 19.1. The third kappa shape index (κ3) is 4.83. The highest BCUT2D eigenvalue weighted by atomic mass is 16.2. The highest BCUT2D eigenvalue weighted by Gasteiger charge is 2.51. The van der Waals surface area contributed by atoms with E-state index in [0.29, 0.717) is 17.7 Å². The molecule has 0 radical (unpaired) electrons. The molecule has 2 amide bonds. The number of likely N-dealkylation sites (tertiary alicyclic amines) is 1. The van der Waals surface area contributed by atoms with E-state index in [1.165, 1.54) is 49.7 Å². The quantitative estimate of drug-likeness (QED) is 0.726. The molecule has 0 spiro atoms. The van der Waals surface area contributed by atoms with E-state index in [4.69, 9.17) is 0 Å². The number of piperidine rings is 1. The minimum absolute atomic E-state index is 0.138. The van der Waals surface area contributed by atoms with Crippen molar-refractivity contribution in [2.75, 3.05) is 13.1 Å². The van der Waals surface area contributed by atoms with E-state index in [0.717, 1.165) is 56.5 Å². The average molecular weight is 423 g/mol. The summed E-state index contributed by atoms with van der Waals surface area (Å²) in [4.78, 5) is 27.6. The van der Waals surface area contributed by atoms with Crippen LogP contribution >= 0.6 is 0 Å². The number of hydrogen-bond donors (Lipinski definition) is 1. The Labute approximate surface area is 187 Å². The molecule has 5 fully saturated rings. The summed E-state index contributed by atoms with van der Waals surface area (Å²) >= 11 is 0. The number of carbonyl (C=O) groups is 2. The Morgan fingerprint density at radius 3 is 2.13 bits per heavy atom. The molecule has 4 saturated carbocycles. The van der Waals surface area contributed by atoms with Gasteiger partial charge in [0.1, 0.15) is 0 Å². The van der Waals surface area contributed by atoms with Crippen molar-refractivity contribution in [1.29, 1.82) is 0 Å². The van der Waals surface area contributed by atoms with Crippen LogP contribution in [0.4, 0.5) is 0 Å². The fourth-order valence-electron chi connectivity index (χ4n) is 7.52. The number of rotatable bonds is 6. The summed E-state index contributed by atoms with van der Waals surface area (Å²) in [5, 5.41) is 3.21. The Morgan fingerprint density at radius 1 is 0.968 bits per heavy atom. The maximum absolute atomic E-state index is 13.1. The van der Waals surface area contributed by atoms with E-state index in [1.54, 1.807) is 0 Å². The van der Waals surface area contributed by atoms with Crippen molar-refractivity contribution in [3.05, 3.63) is 35.4 Å². The van der Waals surface area contributed by atoms with E-state index in [1.807, 2.05) is 0 Å². The van der Waals surface area contributed by atoms with E-state index in [-0.39, 0.29) is 11.9 Å². The molecule has 1 saturated heterocycles. The lowest BCUT2D eigenvalue weighted by Crippen LogP contribution is -2.50. The van der Waals surface area contributed by atoms with Crippen molar-refractivity contribution in [2.24, 2.45) is 23.2 Å². The molecule has 0 unspecified atom stereocenters. The van der Waals surface area contributed by atoms with Gasteiger partial charge in [0.25, 0.3) is 0 Å². The molecule has 4 bridgehead atoms. The SMILES string of the molecule is Cc1ccc(CCC(=O)NC2CCN(C(=O)CC34CC5CC(CC(C5)C3)C4)CC2)cc1. The van der Waals surface area contributed by atoms with Crippen molar-refractivity contribution in [2.45, 2.75) is 83.6 Å². The first kappa shape index (κ1) is 21.0. The molecular weight excluding hydrogens is 384 g/mol. The first-order valence-electron chi connectivity index (χ1n) is 12.6. The summed E-state index contributed by atoms with van der Waals surface area (Å²) < 4.78 is 0. The summed E-state index contributed by atoms with van der Waals surface area (Å²) in [5.74, 6) is 3.23. The van der Waals surface area contributed by atoms with E-state index in [2.05, 4.69) is 41.4 Å². The molecular formula is C27H38N2O2. The van der Waals surface area contributed by atoms with E-state index in [9.17, 15) is 9.59 Å². The van der Waals surface area contributed by atoms with Crippen LogP contribution in [0.2, 0.25) is 0 Å². The normalized spacial score (nSPS) is 32.3. The maximum atomic E-state index is 13.1. The first-order chi connectivity index (χ1) is 15.0. The van der Waals surface area contributed by atoms with Gasteiger partial charge in [-0.05, 0) is 93.4 Å². The molecule has 4 nitrogen and oxygen atoms in total. The lowest BCUT2D eigenvalue weighted by Gasteiger charge is -2.57. The minimum Gasteiger partial charge on any atom is -0.353 e. The van der Waals surface area contributed by atoms with Crippen LogP contribution in [0.1, 0.15) is 75.3 Å². The number of nitrogens with zero attached hydrogens (tertiary/aromatic N) is 1. The second-order valence-electron chi connectivity index (χ2n) is 11.3. The molecule has 4 aliphatic carbocycles. The first-order valence-corrected chi connectivity index (χ1v) is 12.6. The second kappa shape index (κ2) is 8.60. The van der Waals surface area contributed by atoms with Gasteiger partial charge in [0.05, 0.1) is 0 Å². The van der Waals surface area contributed by atoms with Gasteiger partial charge in [-0.3, -0.25) is 9.59 Å². The van der Waals surface area contributed by atoms with Crippen molar-refractivity contribution < 1.29 is 9.59 Å². The van der Waals surface area contributed by atoms with Crippen LogP contribution in [0.25, 0.3) is 0 Å². The third-order valence-corrected chi connectivity index (χ3v) is 8.67. The molecule has 31 heavy (non-hydrogen) atoms. The van der Waals surface area contributed by atoms with Gasteiger partial charge in [-0.15, -0.1) is 0 Å². The van der Waals surface area contributed by atoms with Crippen molar-refractivity contribution in [3.8, 4) is 0 Å². The molecule has 5 aliphatic rings. The number of benzene rings is 1. The second-order valence-corrected chi connectivity index (χ2v) is 11.3. The molecule has 1 N–H and O–H groups in total. The van der Waals surface area contributed by atoms with Crippen LogP contribution in [0.3, 0.4) is 0 Å². The zero-order chi connectivity index (χ0) is 21.4. The monoisotopic (exact) mass is 422 g/mol. The fourth-order valence-corrected chi connectivity index (χ4v) is 7.52. The Bertz CT molecular complexity index is 772. The summed E-state index contributed by atoms with van der Waals surface area (Å²) in [6.07, 6.45) is 12.1. The van der Waals surface area contributed by atoms with Gasteiger partial charge in [0, 0.05) is 32.0 Å². The summed E-state index contributed by atoms with van der Waals surface area (Å²) in [5.41, 5.74) is 2.79. The molecule has 1 aromatic rings. The summed E-state index contributed by atoms with van der Waals surface area (Å²) in [7, 11) is 0. The number of carbonyl (C=O) groups excluding carboxylic acids is 2. The fraction of sp³-hybridized carbons (Fsp3) is 0.704. The van der Waals surface area contributed by atoms with Crippen LogP contribution in [0, 0.1) is 30.1 Å². The Balaban J connectivity index is 1.05. The van der Waals surface area contributed by atoms with Crippen LogP contribution in [0.15, 0.2) is 24.3 Å². The van der Waals surface area contributed by atoms with Crippen LogP contribution in [0.5, 0.6) is 0 Å².